The molecule has 2 aromatic rings. The van der Waals surface area contributed by atoms with Crippen molar-refractivity contribution in [1.29, 1.82) is 0 Å². The number of benzene rings is 1. The zero-order valence-corrected chi connectivity index (χ0v) is 13.4. The van der Waals surface area contributed by atoms with E-state index < -0.39 is 0 Å². The third-order valence-corrected chi connectivity index (χ3v) is 4.37. The van der Waals surface area contributed by atoms with Crippen LogP contribution in [0.2, 0.25) is 5.02 Å². The maximum atomic E-state index is 6.18. The zero-order chi connectivity index (χ0) is 14.7. The minimum Gasteiger partial charge on any atom is -0.409 e. The molecule has 21 heavy (non-hydrogen) atoms. The van der Waals surface area contributed by atoms with E-state index in [1.165, 1.54) is 25.7 Å². The zero-order valence-electron chi connectivity index (χ0n) is 11.8. The molecule has 0 atom stereocenters. The average molecular weight is 324 g/mol. The van der Waals surface area contributed by atoms with Crippen molar-refractivity contribution in [3.63, 3.8) is 0 Å². The number of likely N-dealkylation sites (tertiary alicyclic amines) is 1. The van der Waals surface area contributed by atoms with Crippen LogP contribution in [0.1, 0.15) is 25.7 Å². The van der Waals surface area contributed by atoms with Gasteiger partial charge in [-0.1, -0.05) is 36.6 Å². The summed E-state index contributed by atoms with van der Waals surface area (Å²) in [4.78, 5) is 2.77. The van der Waals surface area contributed by atoms with Crippen LogP contribution in [0.15, 0.2) is 28.7 Å². The molecule has 3 rings (SSSR count). The van der Waals surface area contributed by atoms with Crippen LogP contribution < -0.4 is 0 Å². The quantitative estimate of drug-likeness (QED) is 0.786. The number of hydrogen-bond donors (Lipinski definition) is 0. The van der Waals surface area contributed by atoms with Crippen molar-refractivity contribution in [1.82, 2.24) is 14.7 Å². The van der Waals surface area contributed by atoms with E-state index >= 15 is 0 Å². The summed E-state index contributed by atoms with van der Waals surface area (Å²) in [6.45, 7) is 2.87. The molecule has 0 N–H and O–H groups in total. The van der Waals surface area contributed by atoms with Gasteiger partial charge >= 0.3 is 0 Å². The fraction of sp³-hybridized carbons (Fsp3) is 0.467. The SMILES string of the molecule is S=c1oc(-c2ccccc2Cl)nn1CN1CCCCCC1. The minimum absolute atomic E-state index is 0.397. The van der Waals surface area contributed by atoms with Crippen LogP contribution in [0, 0.1) is 4.84 Å². The molecule has 0 spiro atoms. The van der Waals surface area contributed by atoms with Gasteiger partial charge in [0.25, 0.3) is 4.84 Å². The molecule has 0 unspecified atom stereocenters. The van der Waals surface area contributed by atoms with E-state index in [0.717, 1.165) is 18.7 Å². The Morgan fingerprint density at radius 2 is 1.86 bits per heavy atom. The van der Waals surface area contributed by atoms with Crippen molar-refractivity contribution in [2.24, 2.45) is 0 Å². The fourth-order valence-corrected chi connectivity index (χ4v) is 3.00. The van der Waals surface area contributed by atoms with E-state index in [2.05, 4.69) is 10.00 Å². The van der Waals surface area contributed by atoms with Gasteiger partial charge in [0.15, 0.2) is 0 Å². The fourth-order valence-electron chi connectivity index (χ4n) is 2.61. The molecule has 112 valence electrons. The highest BCUT2D eigenvalue weighted by Gasteiger charge is 2.14. The lowest BCUT2D eigenvalue weighted by atomic mass is 10.2. The van der Waals surface area contributed by atoms with E-state index in [9.17, 15) is 0 Å². The topological polar surface area (TPSA) is 34.2 Å². The van der Waals surface area contributed by atoms with Gasteiger partial charge in [0.2, 0.25) is 5.89 Å². The Morgan fingerprint density at radius 1 is 1.14 bits per heavy atom. The first-order valence-corrected chi connectivity index (χ1v) is 8.08. The van der Waals surface area contributed by atoms with Crippen molar-refractivity contribution in [2.45, 2.75) is 32.4 Å². The van der Waals surface area contributed by atoms with Gasteiger partial charge in [-0.05, 0) is 50.3 Å². The molecule has 0 aliphatic carbocycles. The molecule has 0 saturated carbocycles. The number of nitrogens with zero attached hydrogens (tertiary/aromatic N) is 3. The van der Waals surface area contributed by atoms with Crippen LogP contribution in [0.25, 0.3) is 11.5 Å². The van der Waals surface area contributed by atoms with E-state index in [4.69, 9.17) is 28.2 Å². The van der Waals surface area contributed by atoms with Crippen LogP contribution in [0.5, 0.6) is 0 Å². The summed E-state index contributed by atoms with van der Waals surface area (Å²) < 4.78 is 7.36. The van der Waals surface area contributed by atoms with Crippen LogP contribution in [-0.4, -0.2) is 27.8 Å². The lowest BCUT2D eigenvalue weighted by Crippen LogP contribution is -2.28. The maximum absolute atomic E-state index is 6.18. The van der Waals surface area contributed by atoms with Gasteiger partial charge in [0, 0.05) is 0 Å². The normalized spacial score (nSPS) is 16.8. The van der Waals surface area contributed by atoms with Crippen molar-refractivity contribution in [3.8, 4) is 11.5 Å². The second-order valence-corrected chi connectivity index (χ2v) is 6.08. The summed E-state index contributed by atoms with van der Waals surface area (Å²) >= 11 is 11.5. The largest absolute Gasteiger partial charge is 0.409 e. The summed E-state index contributed by atoms with van der Waals surface area (Å²) in [5.41, 5.74) is 0.778. The van der Waals surface area contributed by atoms with Gasteiger partial charge in [0.1, 0.15) is 0 Å². The van der Waals surface area contributed by atoms with Gasteiger partial charge in [-0.2, -0.15) is 0 Å². The Kier molecular flexibility index (Phi) is 4.73. The van der Waals surface area contributed by atoms with Crippen LogP contribution in [-0.2, 0) is 6.67 Å². The Labute approximate surface area is 134 Å². The van der Waals surface area contributed by atoms with Crippen molar-refractivity contribution in [3.05, 3.63) is 34.1 Å². The molecule has 2 heterocycles. The lowest BCUT2D eigenvalue weighted by Gasteiger charge is -2.18. The molecule has 1 fully saturated rings. The molecule has 0 amide bonds. The summed E-state index contributed by atoms with van der Waals surface area (Å²) in [5.74, 6) is 0.487. The molecule has 1 aromatic heterocycles. The summed E-state index contributed by atoms with van der Waals surface area (Å²) in [5, 5.41) is 5.11. The van der Waals surface area contributed by atoms with Crippen LogP contribution >= 0.6 is 23.8 Å². The van der Waals surface area contributed by atoms with E-state index in [0.29, 0.717) is 22.4 Å². The molecule has 0 bridgehead atoms. The summed E-state index contributed by atoms with van der Waals surface area (Å²) in [6, 6.07) is 7.50. The van der Waals surface area contributed by atoms with Crippen molar-refractivity contribution >= 4 is 23.8 Å². The molecular formula is C15H18ClN3OS. The number of hydrogen-bond acceptors (Lipinski definition) is 4. The van der Waals surface area contributed by atoms with Gasteiger partial charge in [-0.3, -0.25) is 4.90 Å². The van der Waals surface area contributed by atoms with Gasteiger partial charge < -0.3 is 4.42 Å². The Bertz CT molecular complexity index is 659. The smallest absolute Gasteiger partial charge is 0.288 e. The first kappa shape index (κ1) is 14.8. The summed E-state index contributed by atoms with van der Waals surface area (Å²) in [6.07, 6.45) is 5.10. The standard InChI is InChI=1S/C15H18ClN3OS/c16-13-8-4-3-7-12(13)14-17-19(15(21)20-14)11-18-9-5-1-2-6-10-18/h3-4,7-8H,1-2,5-6,9-11H2. The van der Waals surface area contributed by atoms with Crippen molar-refractivity contribution in [2.75, 3.05) is 13.1 Å². The molecule has 1 aliphatic heterocycles. The van der Waals surface area contributed by atoms with E-state index in [1.54, 1.807) is 4.68 Å². The van der Waals surface area contributed by atoms with Crippen LogP contribution in [0.3, 0.4) is 0 Å². The second kappa shape index (κ2) is 6.73. The Morgan fingerprint density at radius 3 is 2.57 bits per heavy atom. The molecule has 1 saturated heterocycles. The Balaban J connectivity index is 1.81. The predicted molar refractivity (Wildman–Crippen MR) is 85.8 cm³/mol. The van der Waals surface area contributed by atoms with E-state index in [-0.39, 0.29) is 0 Å². The third-order valence-electron chi connectivity index (χ3n) is 3.74. The highest BCUT2D eigenvalue weighted by molar-refractivity contribution is 7.71. The monoisotopic (exact) mass is 323 g/mol. The van der Waals surface area contributed by atoms with Crippen LogP contribution in [0.4, 0.5) is 0 Å². The lowest BCUT2D eigenvalue weighted by molar-refractivity contribution is 0.211. The number of aromatic nitrogens is 2. The number of halogens is 1. The first-order chi connectivity index (χ1) is 10.2. The average Bonchev–Trinajstić information content (AvgIpc) is 2.68. The first-order valence-electron chi connectivity index (χ1n) is 7.29. The summed E-state index contributed by atoms with van der Waals surface area (Å²) in [7, 11) is 0. The van der Waals surface area contributed by atoms with Gasteiger partial charge in [-0.25, -0.2) is 4.68 Å². The highest BCUT2D eigenvalue weighted by Crippen LogP contribution is 2.26. The molecule has 0 radical (unpaired) electrons. The van der Waals surface area contributed by atoms with Crippen molar-refractivity contribution < 1.29 is 4.42 Å². The predicted octanol–water partition coefficient (Wildman–Crippen LogP) is 4.36. The second-order valence-electron chi connectivity index (χ2n) is 5.33. The third kappa shape index (κ3) is 3.54. The number of rotatable bonds is 3. The molecule has 1 aromatic carbocycles. The molecule has 6 heteroatoms. The molecule has 4 nitrogen and oxygen atoms in total. The Hall–Kier alpha value is -1.17. The molecule has 1 aliphatic rings. The maximum Gasteiger partial charge on any atom is 0.288 e. The molecular weight excluding hydrogens is 306 g/mol. The van der Waals surface area contributed by atoms with Gasteiger partial charge in [-0.15, -0.1) is 5.10 Å². The highest BCUT2D eigenvalue weighted by atomic mass is 35.5. The van der Waals surface area contributed by atoms with E-state index in [1.807, 2.05) is 24.3 Å². The van der Waals surface area contributed by atoms with Gasteiger partial charge in [0.05, 0.1) is 17.3 Å². The minimum atomic E-state index is 0.397.